The average Bonchev–Trinajstić information content (AvgIpc) is 1.56. The van der Waals surface area contributed by atoms with Gasteiger partial charge in [0.2, 0.25) is 11.8 Å². The fraction of sp³-hybridized carbons (Fsp3) is 0.290. The van der Waals surface area contributed by atoms with Gasteiger partial charge in [-0.05, 0) is 83.4 Å². The Morgan fingerprint density at radius 1 is 0.589 bits per heavy atom. The van der Waals surface area contributed by atoms with Crippen molar-refractivity contribution in [2.45, 2.75) is 92.6 Å². The number of aromatic nitrogens is 1. The normalized spacial score (nSPS) is 23.4. The number of nitro groups is 2. The Morgan fingerprint density at radius 2 is 1.15 bits per heavy atom. The number of amides is 10. The lowest BCUT2D eigenvalue weighted by atomic mass is 9.79. The molecule has 7 heterocycles. The molecular formula is C62H50F6N12O15. The minimum absolute atomic E-state index is 0.168. The number of rotatable bonds is 14. The average molecular weight is 1320 g/mol. The molecule has 6 aliphatic rings. The second-order valence-corrected chi connectivity index (χ2v) is 23.6. The van der Waals surface area contributed by atoms with Crippen molar-refractivity contribution in [3.05, 3.63) is 199 Å². The third-order valence-corrected chi connectivity index (χ3v) is 18.3. The summed E-state index contributed by atoms with van der Waals surface area (Å²) in [5.74, 6) is -7.76. The van der Waals surface area contributed by atoms with Crippen LogP contribution in [-0.4, -0.2) is 162 Å². The predicted octanol–water partition coefficient (Wildman–Crippen LogP) is 6.54. The number of non-ortho nitro benzene ring substituents is 1. The summed E-state index contributed by atoms with van der Waals surface area (Å²) >= 11 is 0. The highest BCUT2D eigenvalue weighted by Gasteiger charge is 2.74. The van der Waals surface area contributed by atoms with E-state index in [1.807, 2.05) is 5.32 Å². The van der Waals surface area contributed by atoms with E-state index in [9.17, 15) is 71.2 Å². The maximum atomic E-state index is 16.6. The van der Waals surface area contributed by atoms with Crippen LogP contribution in [0.2, 0.25) is 0 Å². The lowest BCUT2D eigenvalue weighted by molar-refractivity contribution is -0.394. The fourth-order valence-electron chi connectivity index (χ4n) is 13.8. The number of piperazine rings is 2. The van der Waals surface area contributed by atoms with Gasteiger partial charge in [-0.25, -0.2) is 19.3 Å². The number of carbonyl (C=O) groups excluding carboxylic acids is 8. The van der Waals surface area contributed by atoms with Crippen LogP contribution in [0.1, 0.15) is 63.0 Å². The zero-order valence-electron chi connectivity index (χ0n) is 49.0. The van der Waals surface area contributed by atoms with Gasteiger partial charge in [0, 0.05) is 73.3 Å². The van der Waals surface area contributed by atoms with Gasteiger partial charge in [0.1, 0.15) is 34.7 Å². The first-order valence-corrected chi connectivity index (χ1v) is 29.0. The highest BCUT2D eigenvalue weighted by Crippen LogP contribution is 2.52. The minimum atomic E-state index is -5.29. The van der Waals surface area contributed by atoms with Crippen LogP contribution in [0.25, 0.3) is 0 Å². The van der Waals surface area contributed by atoms with Crippen LogP contribution in [0, 0.1) is 20.2 Å². The van der Waals surface area contributed by atoms with Gasteiger partial charge < -0.3 is 50.2 Å². The van der Waals surface area contributed by atoms with E-state index in [1.54, 1.807) is 36.4 Å². The number of para-hydroxylation sites is 1. The number of hydrogen-bond acceptors (Lipinski definition) is 15. The molecule has 12 rings (SSSR count). The van der Waals surface area contributed by atoms with Crippen molar-refractivity contribution in [1.82, 2.24) is 34.4 Å². The van der Waals surface area contributed by atoms with E-state index < -0.39 is 208 Å². The predicted molar refractivity (Wildman–Crippen MR) is 313 cm³/mol. The number of imide groups is 1. The summed E-state index contributed by atoms with van der Waals surface area (Å²) in [6, 6.07) is 16.7. The third-order valence-electron chi connectivity index (χ3n) is 18.3. The van der Waals surface area contributed by atoms with Crippen molar-refractivity contribution in [2.75, 3.05) is 35.2 Å². The molecule has 10 amide bonds. The summed E-state index contributed by atoms with van der Waals surface area (Å²) in [5, 5.41) is 50.6. The molecule has 0 unspecified atom stereocenters. The summed E-state index contributed by atoms with van der Waals surface area (Å²) < 4.78 is 82.1. The topological polar surface area (TPSA) is 340 Å². The quantitative estimate of drug-likeness (QED) is 0.0389. The van der Waals surface area contributed by atoms with Crippen molar-refractivity contribution in [3.8, 4) is 0 Å². The fourth-order valence-corrected chi connectivity index (χ4v) is 13.8. The summed E-state index contributed by atoms with van der Waals surface area (Å²) in [7, 11) is 0. The van der Waals surface area contributed by atoms with E-state index in [2.05, 4.69) is 10.3 Å². The first kappa shape index (κ1) is 63.8. The van der Waals surface area contributed by atoms with E-state index >= 15 is 28.8 Å². The molecule has 6 aliphatic heterocycles. The first-order chi connectivity index (χ1) is 45.0. The Morgan fingerprint density at radius 3 is 1.72 bits per heavy atom. The number of aliphatic hydroxyl groups excluding tert-OH is 1. The molecule has 0 bridgehead atoms. The van der Waals surface area contributed by atoms with Gasteiger partial charge in [-0.3, -0.25) is 54.0 Å². The number of carbonyl (C=O) groups is 9. The van der Waals surface area contributed by atoms with Gasteiger partial charge in [0.25, 0.3) is 35.0 Å². The Balaban J connectivity index is 0.926. The molecule has 27 nitrogen and oxygen atoms in total. The van der Waals surface area contributed by atoms with Crippen LogP contribution in [0.15, 0.2) is 140 Å². The maximum Gasteiger partial charge on any atom is 0.416 e. The van der Waals surface area contributed by atoms with Crippen LogP contribution in [0.4, 0.5) is 64.4 Å². The number of pyridine rings is 1. The number of alkyl halides is 6. The molecule has 4 N–H and O–H groups in total. The number of nitrogens with one attached hydrogen (secondary N) is 2. The molecule has 5 aromatic carbocycles. The zero-order valence-corrected chi connectivity index (χ0v) is 49.0. The molecule has 6 aromatic rings. The number of benzene rings is 5. The Kier molecular flexibility index (Phi) is 15.7. The van der Waals surface area contributed by atoms with Gasteiger partial charge in [0.05, 0.1) is 65.5 Å². The lowest BCUT2D eigenvalue weighted by Crippen LogP contribution is -2.77. The lowest BCUT2D eigenvalue weighted by Gasteiger charge is -2.55. The molecule has 6 atom stereocenters. The highest BCUT2D eigenvalue weighted by atomic mass is 19.4. The van der Waals surface area contributed by atoms with Crippen LogP contribution < -0.4 is 15.5 Å². The van der Waals surface area contributed by atoms with E-state index in [0.29, 0.717) is 16.5 Å². The molecule has 6 fully saturated rings. The Labute approximate surface area is 531 Å². The number of likely N-dealkylation sites (tertiary alicyclic amines) is 1. The van der Waals surface area contributed by atoms with Gasteiger partial charge in [-0.2, -0.15) is 26.3 Å². The van der Waals surface area contributed by atoms with Crippen molar-refractivity contribution >= 4 is 81.9 Å². The molecule has 0 aliphatic carbocycles. The SMILES string of the molecule is O=C(Nc1cccc(C(=O)N2C[C@@]3(C[C@H]2C(=O)O)C(=O)N(Cc2ccccc2CO)[C@]2(C[C@H]4C(=O)N5C[C@@]6(C[C@H]5C(=O)N4C2)C(=O)N(c2ccccc2)C(=O)N6Cc2ccncc2)C(=O)N3Cc2ccc([N+](=O)[O-])cc2[N+](=O)[O-])c1)Nc1cc(C(F)(F)F)cc(C(F)(F)F)c1. The molecule has 6 saturated heterocycles. The summed E-state index contributed by atoms with van der Waals surface area (Å²) in [6.45, 7) is -4.92. The number of urea groups is 2. The molecule has 3 spiro atoms. The number of hydrogen-bond donors (Lipinski definition) is 4. The summed E-state index contributed by atoms with van der Waals surface area (Å²) in [6.07, 6.45) is -9.83. The molecule has 1 aromatic heterocycles. The van der Waals surface area contributed by atoms with E-state index in [1.165, 1.54) is 47.6 Å². The Hall–Kier alpha value is -11.4. The summed E-state index contributed by atoms with van der Waals surface area (Å²) in [4.78, 5) is 170. The van der Waals surface area contributed by atoms with Crippen molar-refractivity contribution in [1.29, 1.82) is 0 Å². The largest absolute Gasteiger partial charge is 0.480 e. The van der Waals surface area contributed by atoms with Crippen LogP contribution >= 0.6 is 0 Å². The monoisotopic (exact) mass is 1320 g/mol. The number of aliphatic hydroxyl groups is 1. The first-order valence-electron chi connectivity index (χ1n) is 29.0. The third kappa shape index (κ3) is 10.8. The molecule has 490 valence electrons. The molecule has 0 radical (unpaired) electrons. The van der Waals surface area contributed by atoms with Gasteiger partial charge in [0.15, 0.2) is 0 Å². The molecule has 0 saturated carbocycles. The number of halogens is 6. The second kappa shape index (κ2) is 23.3. The minimum Gasteiger partial charge on any atom is -0.480 e. The van der Waals surface area contributed by atoms with E-state index in [-0.39, 0.29) is 47.2 Å². The van der Waals surface area contributed by atoms with E-state index in [4.69, 9.17) is 0 Å². The maximum absolute atomic E-state index is 16.6. The highest BCUT2D eigenvalue weighted by molar-refractivity contribution is 6.24. The van der Waals surface area contributed by atoms with Gasteiger partial charge in [-0.15, -0.1) is 0 Å². The van der Waals surface area contributed by atoms with Crippen LogP contribution in [0.3, 0.4) is 0 Å². The second-order valence-electron chi connectivity index (χ2n) is 23.6. The standard InChI is InChI=1S/C62H50F6N12O15/c63-61(64,65)39-20-40(62(66,67)68)22-42(21-39)71-56(90)70-41-10-6-9-35(19-41)49(82)74-32-59(26-48(74)52(85)86)54(88)75(28-36-7-4-5-8-38(36)30-81)58(53(87)76(59)29-37-13-14-44(79(92)93)23-45(37)80(94)95)24-46-50(83)73-33-60(25-47(73)51(84)72(46)31-58)55(89)78(43-11-2-1-3-12-43)57(91)77(60)27-34-15-17-69-18-16-34/h1-23,46-48,81H,24-33H2,(H,85,86)(H2,70,71,90)/t46-,47-,48-,58-,59-,60-/m0/s1. The van der Waals surface area contributed by atoms with Crippen molar-refractivity contribution in [3.63, 3.8) is 0 Å². The molecule has 33 heteroatoms. The van der Waals surface area contributed by atoms with Gasteiger partial charge in [-0.1, -0.05) is 48.5 Å². The van der Waals surface area contributed by atoms with E-state index in [0.717, 1.165) is 60.9 Å². The zero-order chi connectivity index (χ0) is 68.0. The number of nitrogens with zero attached hydrogens (tertiary/aromatic N) is 10. The molecule has 95 heavy (non-hydrogen) atoms. The number of nitro benzene ring substituents is 2. The van der Waals surface area contributed by atoms with Gasteiger partial charge >= 0.3 is 30.4 Å². The van der Waals surface area contributed by atoms with Crippen molar-refractivity contribution < 1.29 is 89.6 Å². The number of aliphatic carboxylic acids is 1. The number of carboxylic acid groups (broad SMARTS) is 1. The molecular weight excluding hydrogens is 1270 g/mol. The Bertz CT molecular complexity index is 4210. The summed E-state index contributed by atoms with van der Waals surface area (Å²) in [5.41, 5.74) is -13.3. The van der Waals surface area contributed by atoms with Crippen molar-refractivity contribution in [2.24, 2.45) is 0 Å². The number of fused-ring (bicyclic) bond motifs is 2. The van der Waals surface area contributed by atoms with Crippen LogP contribution in [-0.2, 0) is 67.4 Å². The van der Waals surface area contributed by atoms with Crippen LogP contribution in [0.5, 0.6) is 0 Å². The smallest absolute Gasteiger partial charge is 0.416 e. The number of carboxylic acids is 1. The number of anilines is 3.